The van der Waals surface area contributed by atoms with Gasteiger partial charge in [0.25, 0.3) is 0 Å². The van der Waals surface area contributed by atoms with Crippen molar-refractivity contribution in [3.8, 4) is 5.75 Å². The molecule has 1 amide bonds. The maximum atomic E-state index is 11.2. The number of hydrogen-bond donors (Lipinski definition) is 1. The number of hydrogen-bond acceptors (Lipinski definition) is 6. The molecule has 0 bridgehead atoms. The van der Waals surface area contributed by atoms with Gasteiger partial charge in [-0.15, -0.1) is 0 Å². The molecule has 7 nitrogen and oxygen atoms in total. The van der Waals surface area contributed by atoms with E-state index in [0.29, 0.717) is 5.92 Å². The standard InChI is InChI=1S/C23H33N5O2/c1-16(2)14-27(5)23-24-12-10-22(26-23)28-13-11-21(15-28)30-20-8-6-19(7-9-20)17(3)25-18(4)29/h6-10,12,16-17,21H,11,13-15H2,1-5H3,(H,25,29)/t17-,21+/m0/s1. The second-order valence-electron chi connectivity index (χ2n) is 8.46. The van der Waals surface area contributed by atoms with E-state index in [0.717, 1.165) is 49.1 Å². The van der Waals surface area contributed by atoms with Crippen LogP contribution in [0, 0.1) is 5.92 Å². The van der Waals surface area contributed by atoms with Crippen molar-refractivity contribution in [3.05, 3.63) is 42.1 Å². The number of carbonyl (C=O) groups excluding carboxylic acids is 1. The second kappa shape index (κ2) is 9.78. The van der Waals surface area contributed by atoms with E-state index in [2.05, 4.69) is 33.9 Å². The summed E-state index contributed by atoms with van der Waals surface area (Å²) in [6, 6.07) is 9.90. The minimum atomic E-state index is -0.0304. The Bertz CT molecular complexity index is 840. The molecule has 0 spiro atoms. The first-order valence-electron chi connectivity index (χ1n) is 10.6. The van der Waals surface area contributed by atoms with Crippen LogP contribution < -0.4 is 19.9 Å². The molecule has 2 aromatic rings. The quantitative estimate of drug-likeness (QED) is 0.718. The van der Waals surface area contributed by atoms with Crippen LogP contribution in [0.15, 0.2) is 36.5 Å². The van der Waals surface area contributed by atoms with Gasteiger partial charge in [-0.3, -0.25) is 4.79 Å². The van der Waals surface area contributed by atoms with Gasteiger partial charge in [0.15, 0.2) is 0 Å². The number of anilines is 2. The summed E-state index contributed by atoms with van der Waals surface area (Å²) < 4.78 is 6.19. The second-order valence-corrected chi connectivity index (χ2v) is 8.46. The van der Waals surface area contributed by atoms with Gasteiger partial charge in [0.1, 0.15) is 17.7 Å². The molecule has 0 aliphatic carbocycles. The Hall–Kier alpha value is -2.83. The molecular formula is C23H33N5O2. The number of carbonyl (C=O) groups is 1. The van der Waals surface area contributed by atoms with E-state index >= 15 is 0 Å². The Morgan fingerprint density at radius 3 is 2.67 bits per heavy atom. The van der Waals surface area contributed by atoms with Crippen molar-refractivity contribution >= 4 is 17.7 Å². The van der Waals surface area contributed by atoms with E-state index in [1.165, 1.54) is 6.92 Å². The van der Waals surface area contributed by atoms with Crippen molar-refractivity contribution in [2.75, 3.05) is 36.5 Å². The highest BCUT2D eigenvalue weighted by Gasteiger charge is 2.25. The van der Waals surface area contributed by atoms with E-state index in [9.17, 15) is 4.79 Å². The Morgan fingerprint density at radius 1 is 1.27 bits per heavy atom. The van der Waals surface area contributed by atoms with E-state index < -0.39 is 0 Å². The maximum Gasteiger partial charge on any atom is 0.227 e. The third kappa shape index (κ3) is 5.84. The van der Waals surface area contributed by atoms with Crippen LogP contribution in [0.1, 0.15) is 45.7 Å². The van der Waals surface area contributed by atoms with E-state index in [-0.39, 0.29) is 18.1 Å². The number of nitrogens with one attached hydrogen (secondary N) is 1. The van der Waals surface area contributed by atoms with Crippen LogP contribution >= 0.6 is 0 Å². The van der Waals surface area contributed by atoms with Crippen LogP contribution in [0.3, 0.4) is 0 Å². The van der Waals surface area contributed by atoms with E-state index in [1.807, 2.05) is 50.5 Å². The summed E-state index contributed by atoms with van der Waals surface area (Å²) in [5.74, 6) is 3.08. The third-order valence-electron chi connectivity index (χ3n) is 5.18. The molecule has 2 heterocycles. The Kier molecular flexibility index (Phi) is 7.13. The Balaban J connectivity index is 1.57. The Morgan fingerprint density at radius 2 is 2.00 bits per heavy atom. The van der Waals surface area contributed by atoms with Crippen molar-refractivity contribution < 1.29 is 9.53 Å². The molecule has 162 valence electrons. The molecule has 3 rings (SSSR count). The zero-order chi connectivity index (χ0) is 21.7. The monoisotopic (exact) mass is 411 g/mol. The zero-order valence-corrected chi connectivity index (χ0v) is 18.6. The van der Waals surface area contributed by atoms with Gasteiger partial charge in [0.05, 0.1) is 12.6 Å². The fourth-order valence-electron chi connectivity index (χ4n) is 3.78. The van der Waals surface area contributed by atoms with E-state index in [4.69, 9.17) is 9.72 Å². The van der Waals surface area contributed by atoms with Crippen LogP contribution in [0.2, 0.25) is 0 Å². The number of aromatic nitrogens is 2. The summed E-state index contributed by atoms with van der Waals surface area (Å²) in [6.45, 7) is 10.5. The third-order valence-corrected chi connectivity index (χ3v) is 5.18. The number of nitrogens with zero attached hydrogens (tertiary/aromatic N) is 4. The fraction of sp³-hybridized carbons (Fsp3) is 0.522. The van der Waals surface area contributed by atoms with Crippen LogP contribution in [0.5, 0.6) is 5.75 Å². The van der Waals surface area contributed by atoms with Gasteiger partial charge in [0, 0.05) is 39.7 Å². The van der Waals surface area contributed by atoms with Gasteiger partial charge in [0.2, 0.25) is 11.9 Å². The van der Waals surface area contributed by atoms with Gasteiger partial charge in [-0.05, 0) is 36.6 Å². The summed E-state index contributed by atoms with van der Waals surface area (Å²) in [5, 5.41) is 2.90. The van der Waals surface area contributed by atoms with Crippen molar-refractivity contribution in [3.63, 3.8) is 0 Å². The predicted molar refractivity (Wildman–Crippen MR) is 120 cm³/mol. The summed E-state index contributed by atoms with van der Waals surface area (Å²) in [7, 11) is 2.03. The molecule has 30 heavy (non-hydrogen) atoms. The molecular weight excluding hydrogens is 378 g/mol. The average molecular weight is 412 g/mol. The lowest BCUT2D eigenvalue weighted by Crippen LogP contribution is -2.28. The topological polar surface area (TPSA) is 70.6 Å². The molecule has 0 saturated carbocycles. The molecule has 1 fully saturated rings. The summed E-state index contributed by atoms with van der Waals surface area (Å²) in [6.07, 6.45) is 2.90. The molecule has 0 unspecified atom stereocenters. The molecule has 1 aliphatic rings. The highest BCUT2D eigenvalue weighted by molar-refractivity contribution is 5.73. The van der Waals surface area contributed by atoms with Crippen LogP contribution in [0.4, 0.5) is 11.8 Å². The molecule has 0 radical (unpaired) electrons. The zero-order valence-electron chi connectivity index (χ0n) is 18.6. The van der Waals surface area contributed by atoms with Crippen molar-refractivity contribution in [2.45, 2.75) is 46.3 Å². The van der Waals surface area contributed by atoms with E-state index in [1.54, 1.807) is 0 Å². The SMILES string of the molecule is CC(=O)N[C@@H](C)c1ccc(O[C@@H]2CCN(c3ccnc(N(C)CC(C)C)n3)C2)cc1. The van der Waals surface area contributed by atoms with Gasteiger partial charge in [-0.2, -0.15) is 4.98 Å². The molecule has 1 N–H and O–H groups in total. The maximum absolute atomic E-state index is 11.2. The molecule has 1 saturated heterocycles. The Labute approximate surface area is 179 Å². The van der Waals surface area contributed by atoms with Crippen LogP contribution in [0.25, 0.3) is 0 Å². The highest BCUT2D eigenvalue weighted by Crippen LogP contribution is 2.24. The number of benzene rings is 1. The molecule has 1 aromatic carbocycles. The smallest absolute Gasteiger partial charge is 0.227 e. The number of ether oxygens (including phenoxy) is 1. The number of amides is 1. The molecule has 2 atom stereocenters. The molecule has 1 aliphatic heterocycles. The van der Waals surface area contributed by atoms with Crippen LogP contribution in [-0.4, -0.2) is 48.7 Å². The largest absolute Gasteiger partial charge is 0.489 e. The van der Waals surface area contributed by atoms with Crippen LogP contribution in [-0.2, 0) is 4.79 Å². The fourth-order valence-corrected chi connectivity index (χ4v) is 3.78. The minimum Gasteiger partial charge on any atom is -0.489 e. The van der Waals surface area contributed by atoms with Gasteiger partial charge in [-0.25, -0.2) is 4.98 Å². The first-order valence-corrected chi connectivity index (χ1v) is 10.6. The normalized spacial score (nSPS) is 17.1. The molecule has 7 heteroatoms. The van der Waals surface area contributed by atoms with Crippen molar-refractivity contribution in [1.29, 1.82) is 0 Å². The van der Waals surface area contributed by atoms with Gasteiger partial charge >= 0.3 is 0 Å². The predicted octanol–water partition coefficient (Wildman–Crippen LogP) is 3.42. The van der Waals surface area contributed by atoms with Gasteiger partial charge < -0.3 is 19.9 Å². The highest BCUT2D eigenvalue weighted by atomic mass is 16.5. The minimum absolute atomic E-state index is 0.0145. The van der Waals surface area contributed by atoms with Gasteiger partial charge in [-0.1, -0.05) is 26.0 Å². The average Bonchev–Trinajstić information content (AvgIpc) is 3.16. The summed E-state index contributed by atoms with van der Waals surface area (Å²) in [5.41, 5.74) is 1.06. The lowest BCUT2D eigenvalue weighted by molar-refractivity contribution is -0.119. The lowest BCUT2D eigenvalue weighted by Gasteiger charge is -2.22. The molecule has 1 aromatic heterocycles. The van der Waals surface area contributed by atoms with Crippen molar-refractivity contribution in [2.24, 2.45) is 5.92 Å². The lowest BCUT2D eigenvalue weighted by atomic mass is 10.1. The first-order chi connectivity index (χ1) is 14.3. The first kappa shape index (κ1) is 21.9. The number of rotatable bonds is 8. The van der Waals surface area contributed by atoms with Crippen molar-refractivity contribution in [1.82, 2.24) is 15.3 Å². The summed E-state index contributed by atoms with van der Waals surface area (Å²) >= 11 is 0. The summed E-state index contributed by atoms with van der Waals surface area (Å²) in [4.78, 5) is 24.8.